The zero-order chi connectivity index (χ0) is 14.9. The van der Waals surface area contributed by atoms with E-state index in [-0.39, 0.29) is 5.82 Å². The number of rotatable bonds is 2. The van der Waals surface area contributed by atoms with Crippen LogP contribution >= 0.6 is 11.3 Å². The molecule has 0 amide bonds. The Morgan fingerprint density at radius 3 is 2.59 bits per heavy atom. The number of hydrogen-bond donors (Lipinski definition) is 0. The minimum Gasteiger partial charge on any atom is -0.352 e. The number of fused-ring (bicyclic) bond motifs is 1. The van der Waals surface area contributed by atoms with Crippen LogP contribution in [0.4, 0.5) is 15.3 Å². The Morgan fingerprint density at radius 2 is 1.82 bits per heavy atom. The van der Waals surface area contributed by atoms with Crippen molar-refractivity contribution in [2.75, 3.05) is 36.0 Å². The van der Waals surface area contributed by atoms with Gasteiger partial charge >= 0.3 is 0 Å². The quantitative estimate of drug-likeness (QED) is 0.727. The van der Waals surface area contributed by atoms with Gasteiger partial charge in [0.05, 0.1) is 10.9 Å². The number of halogens is 1. The molecule has 0 aliphatic carbocycles. The van der Waals surface area contributed by atoms with Crippen LogP contribution in [0.25, 0.3) is 10.9 Å². The summed E-state index contributed by atoms with van der Waals surface area (Å²) in [4.78, 5) is 17.2. The first-order valence-electron chi connectivity index (χ1n) is 7.11. The maximum absolute atomic E-state index is 14.2. The Hall–Kier alpha value is -2.28. The molecule has 0 spiro atoms. The van der Waals surface area contributed by atoms with Gasteiger partial charge in [-0.15, -0.1) is 11.3 Å². The lowest BCUT2D eigenvalue weighted by Gasteiger charge is -2.35. The van der Waals surface area contributed by atoms with Crippen molar-refractivity contribution in [2.45, 2.75) is 0 Å². The first-order valence-corrected chi connectivity index (χ1v) is 7.99. The molecule has 112 valence electrons. The molecule has 5 nitrogen and oxygen atoms in total. The molecule has 4 rings (SSSR count). The minimum atomic E-state index is -0.268. The zero-order valence-corrected chi connectivity index (χ0v) is 12.6. The Bertz CT molecular complexity index is 778. The lowest BCUT2D eigenvalue weighted by molar-refractivity contribution is 0.630. The number of nitrogens with zero attached hydrogens (tertiary/aromatic N) is 5. The second-order valence-corrected chi connectivity index (χ2v) is 5.99. The van der Waals surface area contributed by atoms with Crippen molar-refractivity contribution in [1.29, 1.82) is 0 Å². The first kappa shape index (κ1) is 13.4. The molecule has 3 heterocycles. The average molecular weight is 315 g/mol. The predicted molar refractivity (Wildman–Crippen MR) is 86.0 cm³/mol. The molecule has 1 aromatic carbocycles. The van der Waals surface area contributed by atoms with Crippen LogP contribution in [-0.4, -0.2) is 41.1 Å². The Kier molecular flexibility index (Phi) is 3.34. The standard InChI is InChI=1S/C15H14FN5S/c16-11-2-1-3-12-13(11)14(19-10-18-12)20-5-7-21(8-6-20)15-17-4-9-22-15/h1-4,9-10H,5-8H2. The van der Waals surface area contributed by atoms with E-state index in [0.29, 0.717) is 16.7 Å². The van der Waals surface area contributed by atoms with Gasteiger partial charge in [0, 0.05) is 37.8 Å². The summed E-state index contributed by atoms with van der Waals surface area (Å²) in [7, 11) is 0. The van der Waals surface area contributed by atoms with E-state index in [2.05, 4.69) is 24.8 Å². The summed E-state index contributed by atoms with van der Waals surface area (Å²) in [6.07, 6.45) is 3.32. The van der Waals surface area contributed by atoms with E-state index in [1.165, 1.54) is 12.4 Å². The molecule has 0 saturated carbocycles. The van der Waals surface area contributed by atoms with Crippen molar-refractivity contribution >= 4 is 33.2 Å². The smallest absolute Gasteiger partial charge is 0.185 e. The third kappa shape index (κ3) is 2.27. The number of aromatic nitrogens is 3. The van der Waals surface area contributed by atoms with Gasteiger partial charge in [-0.05, 0) is 12.1 Å². The highest BCUT2D eigenvalue weighted by Gasteiger charge is 2.22. The predicted octanol–water partition coefficient (Wildman–Crippen LogP) is 2.55. The van der Waals surface area contributed by atoms with Crippen molar-refractivity contribution in [3.05, 3.63) is 41.9 Å². The molecular formula is C15H14FN5S. The van der Waals surface area contributed by atoms with Crippen LogP contribution in [0.1, 0.15) is 0 Å². The van der Waals surface area contributed by atoms with Gasteiger partial charge in [0.25, 0.3) is 0 Å². The number of benzene rings is 1. The van der Waals surface area contributed by atoms with Crippen molar-refractivity contribution < 1.29 is 4.39 Å². The van der Waals surface area contributed by atoms with Gasteiger partial charge in [-0.3, -0.25) is 0 Å². The highest BCUT2D eigenvalue weighted by Crippen LogP contribution is 2.27. The molecule has 0 bridgehead atoms. The minimum absolute atomic E-state index is 0.268. The number of piperazine rings is 1. The monoisotopic (exact) mass is 315 g/mol. The Morgan fingerprint density at radius 1 is 1.00 bits per heavy atom. The summed E-state index contributed by atoms with van der Waals surface area (Å²) in [5.41, 5.74) is 0.646. The van der Waals surface area contributed by atoms with Gasteiger partial charge in [-0.2, -0.15) is 0 Å². The summed E-state index contributed by atoms with van der Waals surface area (Å²) >= 11 is 1.64. The lowest BCUT2D eigenvalue weighted by Crippen LogP contribution is -2.47. The molecule has 0 radical (unpaired) electrons. The van der Waals surface area contributed by atoms with Crippen LogP contribution in [0.15, 0.2) is 36.1 Å². The Labute approximate surface area is 131 Å². The van der Waals surface area contributed by atoms with E-state index in [0.717, 1.165) is 31.3 Å². The number of anilines is 2. The Balaban J connectivity index is 1.62. The molecule has 1 aliphatic heterocycles. The lowest BCUT2D eigenvalue weighted by atomic mass is 10.2. The van der Waals surface area contributed by atoms with Crippen molar-refractivity contribution in [1.82, 2.24) is 15.0 Å². The van der Waals surface area contributed by atoms with Crippen molar-refractivity contribution in [3.63, 3.8) is 0 Å². The van der Waals surface area contributed by atoms with E-state index in [9.17, 15) is 4.39 Å². The number of hydrogen-bond acceptors (Lipinski definition) is 6. The third-order valence-corrected chi connectivity index (χ3v) is 4.69. The summed E-state index contributed by atoms with van der Waals surface area (Å²) < 4.78 is 14.2. The van der Waals surface area contributed by atoms with Crippen molar-refractivity contribution in [2.24, 2.45) is 0 Å². The topological polar surface area (TPSA) is 45.2 Å². The second-order valence-electron chi connectivity index (χ2n) is 5.12. The van der Waals surface area contributed by atoms with Gasteiger partial charge in [0.2, 0.25) is 0 Å². The van der Waals surface area contributed by atoms with E-state index >= 15 is 0 Å². The second kappa shape index (κ2) is 5.49. The van der Waals surface area contributed by atoms with E-state index < -0.39 is 0 Å². The molecule has 1 fully saturated rings. The highest BCUT2D eigenvalue weighted by molar-refractivity contribution is 7.13. The summed E-state index contributed by atoms with van der Waals surface area (Å²) in [5, 5.41) is 3.53. The van der Waals surface area contributed by atoms with Crippen LogP contribution in [0.5, 0.6) is 0 Å². The molecule has 1 saturated heterocycles. The summed E-state index contributed by atoms with van der Waals surface area (Å²) in [6.45, 7) is 3.29. The van der Waals surface area contributed by atoms with Gasteiger partial charge in [0.15, 0.2) is 5.13 Å². The molecular weight excluding hydrogens is 301 g/mol. The molecule has 2 aromatic heterocycles. The average Bonchev–Trinajstić information content (AvgIpc) is 3.09. The molecule has 1 aliphatic rings. The maximum atomic E-state index is 14.2. The fraction of sp³-hybridized carbons (Fsp3) is 0.267. The highest BCUT2D eigenvalue weighted by atomic mass is 32.1. The van der Waals surface area contributed by atoms with Crippen LogP contribution < -0.4 is 9.80 Å². The zero-order valence-electron chi connectivity index (χ0n) is 11.8. The van der Waals surface area contributed by atoms with Crippen molar-refractivity contribution in [3.8, 4) is 0 Å². The maximum Gasteiger partial charge on any atom is 0.185 e. The summed E-state index contributed by atoms with van der Waals surface area (Å²) in [6, 6.07) is 4.95. The fourth-order valence-electron chi connectivity index (χ4n) is 2.77. The van der Waals surface area contributed by atoms with E-state index in [4.69, 9.17) is 0 Å². The molecule has 22 heavy (non-hydrogen) atoms. The van der Waals surface area contributed by atoms with Gasteiger partial charge in [-0.1, -0.05) is 6.07 Å². The normalized spacial score (nSPS) is 15.5. The van der Waals surface area contributed by atoms with E-state index in [1.807, 2.05) is 17.6 Å². The third-order valence-electron chi connectivity index (χ3n) is 3.86. The SMILES string of the molecule is Fc1cccc2ncnc(N3CCN(c4nccs4)CC3)c12. The van der Waals surface area contributed by atoms with Gasteiger partial charge < -0.3 is 9.80 Å². The summed E-state index contributed by atoms with van der Waals surface area (Å²) in [5.74, 6) is 0.414. The fourth-order valence-corrected chi connectivity index (χ4v) is 3.47. The largest absolute Gasteiger partial charge is 0.352 e. The van der Waals surface area contributed by atoms with Crippen LogP contribution in [0.2, 0.25) is 0 Å². The van der Waals surface area contributed by atoms with Crippen LogP contribution in [0, 0.1) is 5.82 Å². The van der Waals surface area contributed by atoms with E-state index in [1.54, 1.807) is 17.4 Å². The van der Waals surface area contributed by atoms with Gasteiger partial charge in [-0.25, -0.2) is 19.3 Å². The van der Waals surface area contributed by atoms with Crippen LogP contribution in [-0.2, 0) is 0 Å². The van der Waals surface area contributed by atoms with Gasteiger partial charge in [0.1, 0.15) is 18.0 Å². The van der Waals surface area contributed by atoms with Crippen LogP contribution in [0.3, 0.4) is 0 Å². The molecule has 7 heteroatoms. The molecule has 3 aromatic rings. The molecule has 0 unspecified atom stereocenters. The molecule has 0 atom stereocenters. The number of thiazole rings is 1. The molecule has 0 N–H and O–H groups in total. The first-order chi connectivity index (χ1) is 10.8.